The molecule has 0 saturated carbocycles. The molecule has 0 aliphatic carbocycles. The molecule has 1 aromatic carbocycles. The van der Waals surface area contributed by atoms with E-state index in [1.54, 1.807) is 11.3 Å². The molecule has 4 heteroatoms. The summed E-state index contributed by atoms with van der Waals surface area (Å²) in [5, 5.41) is 12.6. The maximum absolute atomic E-state index is 11.5. The molecule has 1 aromatic heterocycles. The number of carboxylic acid groups (broad SMARTS) is 1. The van der Waals surface area contributed by atoms with Gasteiger partial charge in [0, 0.05) is 15.8 Å². The molecular weight excluding hydrogens is 270 g/mol. The summed E-state index contributed by atoms with van der Waals surface area (Å²) in [5.41, 5.74) is 0.777. The standard InChI is InChI=1S/C16H19NO2S/c1-3-13-9-10-14(20-13)11(2)17-15(16(18)19)12-7-5-4-6-8-12/h4-11,15,17H,3H2,1-2H3,(H,18,19). The van der Waals surface area contributed by atoms with Crippen molar-refractivity contribution < 1.29 is 9.90 Å². The Morgan fingerprint density at radius 2 is 1.95 bits per heavy atom. The Hall–Kier alpha value is -1.65. The number of carboxylic acids is 1. The predicted molar refractivity (Wildman–Crippen MR) is 82.1 cm³/mol. The van der Waals surface area contributed by atoms with Crippen molar-refractivity contribution >= 4 is 17.3 Å². The number of thiophene rings is 1. The zero-order valence-electron chi connectivity index (χ0n) is 11.7. The second-order valence-electron chi connectivity index (χ2n) is 4.73. The molecular formula is C16H19NO2S. The summed E-state index contributed by atoms with van der Waals surface area (Å²) >= 11 is 1.73. The lowest BCUT2D eigenvalue weighted by Crippen LogP contribution is -2.30. The Morgan fingerprint density at radius 3 is 2.50 bits per heavy atom. The van der Waals surface area contributed by atoms with E-state index in [0.29, 0.717) is 0 Å². The molecule has 106 valence electrons. The lowest BCUT2D eigenvalue weighted by molar-refractivity contribution is -0.139. The molecule has 0 amide bonds. The average Bonchev–Trinajstić information content (AvgIpc) is 2.94. The van der Waals surface area contributed by atoms with Gasteiger partial charge in [0.2, 0.25) is 0 Å². The van der Waals surface area contributed by atoms with Crippen LogP contribution < -0.4 is 5.32 Å². The van der Waals surface area contributed by atoms with Crippen molar-refractivity contribution in [3.05, 3.63) is 57.8 Å². The highest BCUT2D eigenvalue weighted by molar-refractivity contribution is 7.12. The van der Waals surface area contributed by atoms with E-state index in [0.717, 1.165) is 12.0 Å². The van der Waals surface area contributed by atoms with Crippen LogP contribution in [0.15, 0.2) is 42.5 Å². The van der Waals surface area contributed by atoms with Crippen LogP contribution in [0.2, 0.25) is 0 Å². The van der Waals surface area contributed by atoms with E-state index in [1.807, 2.05) is 37.3 Å². The van der Waals surface area contributed by atoms with Gasteiger partial charge in [-0.1, -0.05) is 37.3 Å². The van der Waals surface area contributed by atoms with Crippen molar-refractivity contribution in [1.82, 2.24) is 5.32 Å². The van der Waals surface area contributed by atoms with E-state index in [-0.39, 0.29) is 6.04 Å². The summed E-state index contributed by atoms with van der Waals surface area (Å²) in [7, 11) is 0. The summed E-state index contributed by atoms with van der Waals surface area (Å²) < 4.78 is 0. The molecule has 2 unspecified atom stereocenters. The molecule has 20 heavy (non-hydrogen) atoms. The quantitative estimate of drug-likeness (QED) is 0.850. The Balaban J connectivity index is 2.14. The lowest BCUT2D eigenvalue weighted by atomic mass is 10.1. The van der Waals surface area contributed by atoms with E-state index >= 15 is 0 Å². The third-order valence-corrected chi connectivity index (χ3v) is 4.67. The number of aliphatic carboxylic acids is 1. The molecule has 0 fully saturated rings. The minimum absolute atomic E-state index is 0.0154. The van der Waals surface area contributed by atoms with E-state index in [2.05, 4.69) is 24.4 Å². The van der Waals surface area contributed by atoms with Crippen molar-refractivity contribution in [2.24, 2.45) is 0 Å². The topological polar surface area (TPSA) is 49.3 Å². The summed E-state index contributed by atoms with van der Waals surface area (Å²) in [6.45, 7) is 4.13. The number of benzene rings is 1. The molecule has 0 radical (unpaired) electrons. The van der Waals surface area contributed by atoms with Gasteiger partial charge in [-0.15, -0.1) is 11.3 Å². The van der Waals surface area contributed by atoms with Gasteiger partial charge in [0.05, 0.1) is 0 Å². The third-order valence-electron chi connectivity index (χ3n) is 3.25. The molecule has 2 N–H and O–H groups in total. The first-order chi connectivity index (χ1) is 9.61. The van der Waals surface area contributed by atoms with Crippen LogP contribution in [0.5, 0.6) is 0 Å². The largest absolute Gasteiger partial charge is 0.480 e. The van der Waals surface area contributed by atoms with Gasteiger partial charge < -0.3 is 5.11 Å². The Labute approximate surface area is 123 Å². The molecule has 2 atom stereocenters. The monoisotopic (exact) mass is 289 g/mol. The minimum Gasteiger partial charge on any atom is -0.480 e. The molecule has 1 heterocycles. The van der Waals surface area contributed by atoms with E-state index in [9.17, 15) is 9.90 Å². The van der Waals surface area contributed by atoms with Gasteiger partial charge in [0.15, 0.2) is 0 Å². The van der Waals surface area contributed by atoms with Crippen LogP contribution >= 0.6 is 11.3 Å². The zero-order chi connectivity index (χ0) is 14.5. The van der Waals surface area contributed by atoms with Crippen LogP contribution in [0.4, 0.5) is 0 Å². The number of hydrogen-bond acceptors (Lipinski definition) is 3. The maximum atomic E-state index is 11.5. The fourth-order valence-corrected chi connectivity index (χ4v) is 3.07. The van der Waals surface area contributed by atoms with Crippen LogP contribution in [-0.2, 0) is 11.2 Å². The fraction of sp³-hybridized carbons (Fsp3) is 0.312. The summed E-state index contributed by atoms with van der Waals surface area (Å²) in [5.74, 6) is -0.852. The van der Waals surface area contributed by atoms with Gasteiger partial charge in [0.1, 0.15) is 6.04 Å². The first-order valence-corrected chi connectivity index (χ1v) is 7.56. The second-order valence-corrected chi connectivity index (χ2v) is 5.93. The number of aryl methyl sites for hydroxylation is 1. The Bertz CT molecular complexity index is 565. The summed E-state index contributed by atoms with van der Waals surface area (Å²) in [6, 6.07) is 12.8. The molecule has 2 aromatic rings. The molecule has 0 aliphatic rings. The van der Waals surface area contributed by atoms with Crippen molar-refractivity contribution in [1.29, 1.82) is 0 Å². The molecule has 3 nitrogen and oxygen atoms in total. The van der Waals surface area contributed by atoms with Gasteiger partial charge in [-0.3, -0.25) is 10.1 Å². The minimum atomic E-state index is -0.852. The maximum Gasteiger partial charge on any atom is 0.325 e. The van der Waals surface area contributed by atoms with Crippen molar-refractivity contribution in [2.45, 2.75) is 32.4 Å². The zero-order valence-corrected chi connectivity index (χ0v) is 12.5. The van der Waals surface area contributed by atoms with Crippen molar-refractivity contribution in [3.63, 3.8) is 0 Å². The van der Waals surface area contributed by atoms with Gasteiger partial charge >= 0.3 is 5.97 Å². The molecule has 0 bridgehead atoms. The van der Waals surface area contributed by atoms with E-state index in [4.69, 9.17) is 0 Å². The smallest absolute Gasteiger partial charge is 0.325 e. The first-order valence-electron chi connectivity index (χ1n) is 6.74. The SMILES string of the molecule is CCc1ccc(C(C)NC(C(=O)O)c2ccccc2)s1. The Kier molecular flexibility index (Phi) is 4.93. The van der Waals surface area contributed by atoms with Crippen LogP contribution in [0.1, 0.15) is 41.2 Å². The van der Waals surface area contributed by atoms with Crippen molar-refractivity contribution in [2.75, 3.05) is 0 Å². The predicted octanol–water partition coefficient (Wildman–Crippen LogP) is 3.79. The molecule has 0 aliphatic heterocycles. The highest BCUT2D eigenvalue weighted by Gasteiger charge is 2.22. The molecule has 2 rings (SSSR count). The number of rotatable bonds is 6. The number of carbonyl (C=O) groups is 1. The van der Waals surface area contributed by atoms with Crippen LogP contribution in [0.25, 0.3) is 0 Å². The normalized spacial score (nSPS) is 13.9. The van der Waals surface area contributed by atoms with Gasteiger partial charge in [-0.2, -0.15) is 0 Å². The fourth-order valence-electron chi connectivity index (χ4n) is 2.10. The number of hydrogen-bond donors (Lipinski definition) is 2. The summed E-state index contributed by atoms with van der Waals surface area (Å²) in [4.78, 5) is 14.0. The van der Waals surface area contributed by atoms with Gasteiger partial charge in [-0.05, 0) is 31.0 Å². The van der Waals surface area contributed by atoms with Crippen LogP contribution in [0, 0.1) is 0 Å². The Morgan fingerprint density at radius 1 is 1.25 bits per heavy atom. The molecule has 0 saturated heterocycles. The second kappa shape index (κ2) is 6.68. The average molecular weight is 289 g/mol. The number of nitrogens with one attached hydrogen (secondary N) is 1. The van der Waals surface area contributed by atoms with Gasteiger partial charge in [-0.25, -0.2) is 0 Å². The van der Waals surface area contributed by atoms with Gasteiger partial charge in [0.25, 0.3) is 0 Å². The third kappa shape index (κ3) is 3.46. The van der Waals surface area contributed by atoms with Crippen LogP contribution in [0.3, 0.4) is 0 Å². The van der Waals surface area contributed by atoms with E-state index in [1.165, 1.54) is 9.75 Å². The molecule has 0 spiro atoms. The highest BCUT2D eigenvalue weighted by atomic mass is 32.1. The van der Waals surface area contributed by atoms with Crippen molar-refractivity contribution in [3.8, 4) is 0 Å². The highest BCUT2D eigenvalue weighted by Crippen LogP contribution is 2.26. The van der Waals surface area contributed by atoms with Crippen LogP contribution in [-0.4, -0.2) is 11.1 Å². The summed E-state index contributed by atoms with van der Waals surface area (Å²) in [6.07, 6.45) is 1.01. The lowest BCUT2D eigenvalue weighted by Gasteiger charge is -2.19. The first kappa shape index (κ1) is 14.8. The van der Waals surface area contributed by atoms with E-state index < -0.39 is 12.0 Å².